The number of carboxylic acid groups (broad SMARTS) is 1. The van der Waals surface area contributed by atoms with Crippen LogP contribution in [0.2, 0.25) is 0 Å². The second kappa shape index (κ2) is 8.28. The van der Waals surface area contributed by atoms with Crippen LogP contribution in [0.4, 0.5) is 0 Å². The topological polar surface area (TPSA) is 107 Å². The molecule has 1 aromatic carbocycles. The summed E-state index contributed by atoms with van der Waals surface area (Å²) < 4.78 is 5.50. The van der Waals surface area contributed by atoms with Crippen LogP contribution in [0.5, 0.6) is 5.75 Å². The van der Waals surface area contributed by atoms with Gasteiger partial charge in [0.05, 0.1) is 18.6 Å². The maximum atomic E-state index is 10.9. The molecule has 24 heavy (non-hydrogen) atoms. The van der Waals surface area contributed by atoms with E-state index >= 15 is 0 Å². The minimum Gasteiger partial charge on any atom is -0.491 e. The number of hydrogen-bond donors (Lipinski definition) is 4. The molecule has 0 saturated heterocycles. The van der Waals surface area contributed by atoms with Crippen molar-refractivity contribution in [2.75, 3.05) is 6.61 Å². The predicted octanol–water partition coefficient (Wildman–Crippen LogP) is 1.12. The molecule has 2 rings (SSSR count). The zero-order valence-electron chi connectivity index (χ0n) is 13.6. The minimum atomic E-state index is -1.02. The van der Waals surface area contributed by atoms with Crippen molar-refractivity contribution in [1.82, 2.24) is 0 Å². The number of benzene rings is 1. The van der Waals surface area contributed by atoms with Crippen molar-refractivity contribution < 1.29 is 30.0 Å². The van der Waals surface area contributed by atoms with Crippen molar-refractivity contribution in [3.63, 3.8) is 0 Å². The van der Waals surface area contributed by atoms with Gasteiger partial charge in [-0.2, -0.15) is 0 Å². The van der Waals surface area contributed by atoms with E-state index in [0.29, 0.717) is 5.75 Å². The van der Waals surface area contributed by atoms with Gasteiger partial charge < -0.3 is 25.2 Å². The lowest BCUT2D eigenvalue weighted by Crippen LogP contribution is -2.24. The highest BCUT2D eigenvalue weighted by atomic mass is 16.5. The highest BCUT2D eigenvalue weighted by Crippen LogP contribution is 2.36. The van der Waals surface area contributed by atoms with Crippen LogP contribution in [0.25, 0.3) is 0 Å². The van der Waals surface area contributed by atoms with Crippen LogP contribution in [0, 0.1) is 18.8 Å². The summed E-state index contributed by atoms with van der Waals surface area (Å²) in [5.41, 5.74) is 1.05. The molecule has 0 heterocycles. The summed E-state index contributed by atoms with van der Waals surface area (Å²) in [6, 6.07) is 7.46. The van der Waals surface area contributed by atoms with Crippen LogP contribution >= 0.6 is 0 Å². The fourth-order valence-corrected chi connectivity index (χ4v) is 3.06. The number of aryl methyl sites for hydroxylation is 1. The van der Waals surface area contributed by atoms with E-state index in [1.54, 1.807) is 12.1 Å². The average molecular weight is 336 g/mol. The quantitative estimate of drug-likeness (QED) is 0.556. The number of carbonyl (C=O) groups is 1. The standard InChI is InChI=1S/C18H24O6/c1-11-3-2-4-13(7-11)24-10-12(19)5-6-14-15(8-18(22)23)17(21)9-16(14)20/h2-7,12,14-17,19-21H,8-10H2,1H3,(H,22,23)/b6-5+/t12-,14-,15-,16-,17+/m1/s1. The van der Waals surface area contributed by atoms with E-state index in [1.165, 1.54) is 6.08 Å². The summed E-state index contributed by atoms with van der Waals surface area (Å²) in [5.74, 6) is -1.42. The van der Waals surface area contributed by atoms with Crippen LogP contribution in [-0.2, 0) is 4.79 Å². The van der Waals surface area contributed by atoms with Gasteiger partial charge in [-0.1, -0.05) is 24.3 Å². The first-order valence-corrected chi connectivity index (χ1v) is 8.00. The van der Waals surface area contributed by atoms with Gasteiger partial charge in [-0.25, -0.2) is 0 Å². The van der Waals surface area contributed by atoms with E-state index in [4.69, 9.17) is 9.84 Å². The Kier molecular flexibility index (Phi) is 6.36. The maximum Gasteiger partial charge on any atom is 0.303 e. The predicted molar refractivity (Wildman–Crippen MR) is 87.7 cm³/mol. The Morgan fingerprint density at radius 2 is 2.12 bits per heavy atom. The average Bonchev–Trinajstić information content (AvgIpc) is 2.76. The van der Waals surface area contributed by atoms with Gasteiger partial charge in [0.25, 0.3) is 0 Å². The Morgan fingerprint density at radius 3 is 2.79 bits per heavy atom. The van der Waals surface area contributed by atoms with E-state index in [2.05, 4.69) is 0 Å². The fourth-order valence-electron chi connectivity index (χ4n) is 3.06. The minimum absolute atomic E-state index is 0.0505. The molecular formula is C18H24O6. The molecule has 1 aliphatic rings. The molecule has 1 fully saturated rings. The van der Waals surface area contributed by atoms with Crippen LogP contribution in [0.3, 0.4) is 0 Å². The van der Waals surface area contributed by atoms with Gasteiger partial charge in [0.15, 0.2) is 0 Å². The Balaban J connectivity index is 1.91. The van der Waals surface area contributed by atoms with Crippen molar-refractivity contribution in [3.8, 4) is 5.75 Å². The first kappa shape index (κ1) is 18.4. The largest absolute Gasteiger partial charge is 0.491 e. The molecule has 1 aliphatic carbocycles. The molecule has 132 valence electrons. The summed E-state index contributed by atoms with van der Waals surface area (Å²) in [4.78, 5) is 10.9. The van der Waals surface area contributed by atoms with Crippen LogP contribution < -0.4 is 4.74 Å². The lowest BCUT2D eigenvalue weighted by molar-refractivity contribution is -0.139. The van der Waals surface area contributed by atoms with Crippen molar-refractivity contribution >= 4 is 5.97 Å². The Hall–Kier alpha value is -1.89. The molecule has 1 aromatic rings. The molecule has 0 aromatic heterocycles. The monoisotopic (exact) mass is 336 g/mol. The lowest BCUT2D eigenvalue weighted by atomic mass is 9.90. The molecule has 0 amide bonds. The molecule has 6 heteroatoms. The number of hydrogen-bond acceptors (Lipinski definition) is 5. The Morgan fingerprint density at radius 1 is 1.38 bits per heavy atom. The van der Waals surface area contributed by atoms with Gasteiger partial charge in [-0.05, 0) is 24.6 Å². The summed E-state index contributed by atoms with van der Waals surface area (Å²) >= 11 is 0. The highest BCUT2D eigenvalue weighted by molar-refractivity contribution is 5.67. The van der Waals surface area contributed by atoms with Gasteiger partial charge >= 0.3 is 5.97 Å². The number of aliphatic hydroxyl groups is 3. The van der Waals surface area contributed by atoms with Crippen LogP contribution in [0.1, 0.15) is 18.4 Å². The zero-order chi connectivity index (χ0) is 17.7. The molecule has 1 saturated carbocycles. The van der Waals surface area contributed by atoms with E-state index < -0.39 is 36.1 Å². The number of aliphatic carboxylic acids is 1. The summed E-state index contributed by atoms with van der Waals surface area (Å²) in [5, 5.41) is 38.8. The summed E-state index contributed by atoms with van der Waals surface area (Å²) in [6.07, 6.45) is 0.430. The van der Waals surface area contributed by atoms with E-state index in [1.807, 2.05) is 25.1 Å². The Bertz CT molecular complexity index is 585. The fraction of sp³-hybridized carbons (Fsp3) is 0.500. The molecule has 0 radical (unpaired) electrons. The second-order valence-electron chi connectivity index (χ2n) is 6.29. The number of rotatable bonds is 7. The molecular weight excluding hydrogens is 312 g/mol. The van der Waals surface area contributed by atoms with Gasteiger partial charge in [-0.15, -0.1) is 0 Å². The van der Waals surface area contributed by atoms with E-state index in [-0.39, 0.29) is 19.4 Å². The summed E-state index contributed by atoms with van der Waals surface area (Å²) in [7, 11) is 0. The van der Waals surface area contributed by atoms with Crippen molar-refractivity contribution in [2.45, 2.75) is 38.1 Å². The second-order valence-corrected chi connectivity index (χ2v) is 6.29. The Labute approximate surface area is 141 Å². The molecule has 6 nitrogen and oxygen atoms in total. The molecule has 0 unspecified atom stereocenters. The molecule has 4 N–H and O–H groups in total. The summed E-state index contributed by atoms with van der Waals surface area (Å²) in [6.45, 7) is 1.99. The van der Waals surface area contributed by atoms with E-state index in [0.717, 1.165) is 5.56 Å². The molecule has 0 aliphatic heterocycles. The van der Waals surface area contributed by atoms with Gasteiger partial charge in [0, 0.05) is 18.3 Å². The van der Waals surface area contributed by atoms with Gasteiger partial charge in [0.1, 0.15) is 18.5 Å². The maximum absolute atomic E-state index is 10.9. The third-order valence-corrected chi connectivity index (χ3v) is 4.29. The van der Waals surface area contributed by atoms with Crippen LogP contribution in [0.15, 0.2) is 36.4 Å². The number of carboxylic acids is 1. The van der Waals surface area contributed by atoms with Crippen LogP contribution in [-0.4, -0.2) is 51.3 Å². The SMILES string of the molecule is Cc1cccc(OC[C@H](O)/C=C/[C@@H]2[C@@H](CC(=O)O)[C@@H](O)C[C@H]2O)c1. The number of ether oxygens (including phenoxy) is 1. The third kappa shape index (κ3) is 5.06. The molecule has 0 spiro atoms. The van der Waals surface area contributed by atoms with Crippen molar-refractivity contribution in [1.29, 1.82) is 0 Å². The third-order valence-electron chi connectivity index (χ3n) is 4.29. The smallest absolute Gasteiger partial charge is 0.303 e. The molecule has 0 bridgehead atoms. The normalized spacial score (nSPS) is 28.2. The zero-order valence-corrected chi connectivity index (χ0v) is 13.6. The van der Waals surface area contributed by atoms with Gasteiger partial charge in [-0.3, -0.25) is 4.79 Å². The highest BCUT2D eigenvalue weighted by Gasteiger charge is 2.41. The van der Waals surface area contributed by atoms with E-state index in [9.17, 15) is 20.1 Å². The molecule has 5 atom stereocenters. The first-order chi connectivity index (χ1) is 11.4. The van der Waals surface area contributed by atoms with Gasteiger partial charge in [0.2, 0.25) is 0 Å². The number of aliphatic hydroxyl groups excluding tert-OH is 3. The van der Waals surface area contributed by atoms with Crippen molar-refractivity contribution in [3.05, 3.63) is 42.0 Å². The lowest BCUT2D eigenvalue weighted by Gasteiger charge is -2.19. The first-order valence-electron chi connectivity index (χ1n) is 8.00. The van der Waals surface area contributed by atoms with Crippen molar-refractivity contribution in [2.24, 2.45) is 11.8 Å².